The first-order chi connectivity index (χ1) is 23.4. The lowest BCUT2D eigenvalue weighted by molar-refractivity contribution is -0.220. The van der Waals surface area contributed by atoms with Gasteiger partial charge in [-0.05, 0) is 32.1 Å². The molecule has 1 saturated carbocycles. The van der Waals surface area contributed by atoms with Gasteiger partial charge in [-0.15, -0.1) is 0 Å². The molecule has 0 aromatic heterocycles. The highest BCUT2D eigenvalue weighted by atomic mass is 31.2. The van der Waals surface area contributed by atoms with Gasteiger partial charge in [-0.25, -0.2) is 4.57 Å². The first kappa shape index (κ1) is 45.1. The minimum absolute atomic E-state index is 0.0737. The van der Waals surface area contributed by atoms with Gasteiger partial charge >= 0.3 is 19.8 Å². The molecular formula is C35H61O13P. The SMILES string of the molecule is CC/C=C/C=C/C=C/CCCCCCCC(=O)OC(COC(=O)CCCCCCCCC)COP(=O)(O)OC1C(O)C(O)C(O)[C@@H](O)C1O. The average Bonchev–Trinajstić information content (AvgIpc) is 3.07. The van der Waals surface area contributed by atoms with Crippen LogP contribution in [-0.4, -0.2) is 98.3 Å². The number of carbonyl (C=O) groups excluding carboxylic acids is 2. The second kappa shape index (κ2) is 26.8. The molecule has 0 bridgehead atoms. The average molecular weight is 721 g/mol. The predicted octanol–water partition coefficient (Wildman–Crippen LogP) is 4.71. The maximum Gasteiger partial charge on any atom is 0.472 e. The van der Waals surface area contributed by atoms with Crippen molar-refractivity contribution in [2.24, 2.45) is 0 Å². The minimum Gasteiger partial charge on any atom is -0.462 e. The van der Waals surface area contributed by atoms with Crippen LogP contribution in [0.2, 0.25) is 0 Å². The van der Waals surface area contributed by atoms with Gasteiger partial charge in [0.25, 0.3) is 0 Å². The third-order valence-electron chi connectivity index (χ3n) is 8.06. The summed E-state index contributed by atoms with van der Waals surface area (Å²) in [5, 5.41) is 49.8. The maximum absolute atomic E-state index is 12.7. The van der Waals surface area contributed by atoms with Gasteiger partial charge in [0.05, 0.1) is 6.61 Å². The molecule has 0 spiro atoms. The number of hydrogen-bond donors (Lipinski definition) is 6. The lowest BCUT2D eigenvalue weighted by Gasteiger charge is -2.41. The second-order valence-corrected chi connectivity index (χ2v) is 13.8. The molecule has 7 unspecified atom stereocenters. The quantitative estimate of drug-likeness (QED) is 0.0294. The molecule has 1 aliphatic carbocycles. The summed E-state index contributed by atoms with van der Waals surface area (Å²) in [6.07, 6.45) is 12.6. The fraction of sp³-hybridized carbons (Fsp3) is 0.771. The van der Waals surface area contributed by atoms with Crippen LogP contribution in [0.5, 0.6) is 0 Å². The van der Waals surface area contributed by atoms with Crippen LogP contribution in [0.4, 0.5) is 0 Å². The van der Waals surface area contributed by atoms with E-state index in [-0.39, 0.29) is 12.8 Å². The maximum atomic E-state index is 12.7. The number of ether oxygens (including phenoxy) is 2. The van der Waals surface area contributed by atoms with E-state index in [4.69, 9.17) is 18.5 Å². The van der Waals surface area contributed by atoms with E-state index in [1.165, 1.54) is 6.42 Å². The van der Waals surface area contributed by atoms with Gasteiger partial charge in [-0.1, -0.05) is 108 Å². The predicted molar refractivity (Wildman–Crippen MR) is 184 cm³/mol. The van der Waals surface area contributed by atoms with Gasteiger partial charge in [0, 0.05) is 12.8 Å². The molecule has 1 aliphatic rings. The van der Waals surface area contributed by atoms with E-state index in [1.807, 2.05) is 24.3 Å². The number of esters is 2. The van der Waals surface area contributed by atoms with Gasteiger partial charge in [0.2, 0.25) is 0 Å². The molecule has 0 aliphatic heterocycles. The lowest BCUT2D eigenvalue weighted by atomic mass is 9.85. The normalized spacial score (nSPS) is 24.8. The van der Waals surface area contributed by atoms with Crippen molar-refractivity contribution >= 4 is 19.8 Å². The van der Waals surface area contributed by atoms with Crippen LogP contribution < -0.4 is 0 Å². The van der Waals surface area contributed by atoms with Gasteiger partial charge in [-0.2, -0.15) is 0 Å². The number of phosphoric ester groups is 1. The molecule has 0 radical (unpaired) electrons. The van der Waals surface area contributed by atoms with E-state index in [2.05, 4.69) is 26.0 Å². The van der Waals surface area contributed by atoms with Crippen LogP contribution >= 0.6 is 7.82 Å². The molecule has 49 heavy (non-hydrogen) atoms. The monoisotopic (exact) mass is 720 g/mol. The molecule has 0 amide bonds. The Hall–Kier alpha value is -1.93. The van der Waals surface area contributed by atoms with Crippen LogP contribution in [0.3, 0.4) is 0 Å². The summed E-state index contributed by atoms with van der Waals surface area (Å²) in [7, 11) is -5.10. The van der Waals surface area contributed by atoms with Gasteiger partial charge in [0.1, 0.15) is 43.2 Å². The van der Waals surface area contributed by atoms with Crippen molar-refractivity contribution in [2.75, 3.05) is 13.2 Å². The number of aliphatic hydroxyl groups is 5. The third kappa shape index (κ3) is 20.5. The van der Waals surface area contributed by atoms with Crippen LogP contribution in [0.1, 0.15) is 117 Å². The molecule has 6 N–H and O–H groups in total. The zero-order valence-corrected chi connectivity index (χ0v) is 30.1. The fourth-order valence-electron chi connectivity index (χ4n) is 5.11. The summed E-state index contributed by atoms with van der Waals surface area (Å²) in [5.41, 5.74) is 0. The highest BCUT2D eigenvalue weighted by Gasteiger charge is 2.51. The van der Waals surface area contributed by atoms with Crippen LogP contribution in [-0.2, 0) is 32.7 Å². The summed E-state index contributed by atoms with van der Waals surface area (Å²) in [5.74, 6) is -1.14. The van der Waals surface area contributed by atoms with Crippen molar-refractivity contribution in [3.8, 4) is 0 Å². The molecule has 8 atom stereocenters. The highest BCUT2D eigenvalue weighted by Crippen LogP contribution is 2.47. The van der Waals surface area contributed by atoms with Crippen molar-refractivity contribution in [1.29, 1.82) is 0 Å². The van der Waals surface area contributed by atoms with E-state index in [9.17, 15) is 44.6 Å². The van der Waals surface area contributed by atoms with Crippen molar-refractivity contribution in [3.63, 3.8) is 0 Å². The summed E-state index contributed by atoms with van der Waals surface area (Å²) in [6.45, 7) is 3.03. The van der Waals surface area contributed by atoms with Crippen molar-refractivity contribution < 1.29 is 63.1 Å². The Morgan fingerprint density at radius 2 is 1.16 bits per heavy atom. The standard InChI is InChI=1S/C35H61O13P/c1-3-5-7-9-11-12-13-14-15-16-18-20-22-24-29(37)47-27(25-45-28(36)23-21-19-17-10-8-6-4-2)26-46-49(43,44)48-35-33(41)31(39)30(38)32(40)34(35)42/h5,7,9,11-13,27,30-35,38-42H,3-4,6,8,10,14-26H2,1-2H3,(H,43,44)/b7-5+,11-9+,13-12+/t27?,30?,31-,32?,33?,34?,35?/m1/s1. The van der Waals surface area contributed by atoms with E-state index < -0.39 is 75.7 Å². The molecule has 0 heterocycles. The van der Waals surface area contributed by atoms with Crippen molar-refractivity contribution in [1.82, 2.24) is 0 Å². The molecule has 13 nitrogen and oxygen atoms in total. The Labute approximate surface area is 291 Å². The zero-order valence-electron chi connectivity index (χ0n) is 29.2. The topological polar surface area (TPSA) is 210 Å². The molecule has 284 valence electrons. The van der Waals surface area contributed by atoms with Gasteiger partial charge in [0.15, 0.2) is 6.10 Å². The number of phosphoric acid groups is 1. The number of allylic oxidation sites excluding steroid dienone is 6. The number of unbranched alkanes of at least 4 members (excludes halogenated alkanes) is 11. The summed E-state index contributed by atoms with van der Waals surface area (Å²) < 4.78 is 33.1. The van der Waals surface area contributed by atoms with E-state index in [1.54, 1.807) is 0 Å². The Morgan fingerprint density at radius 1 is 0.653 bits per heavy atom. The van der Waals surface area contributed by atoms with E-state index >= 15 is 0 Å². The van der Waals surface area contributed by atoms with E-state index in [0.29, 0.717) is 12.8 Å². The molecule has 1 rings (SSSR count). The van der Waals surface area contributed by atoms with Crippen LogP contribution in [0.15, 0.2) is 36.5 Å². The third-order valence-corrected chi connectivity index (χ3v) is 9.04. The Morgan fingerprint density at radius 3 is 1.76 bits per heavy atom. The van der Waals surface area contributed by atoms with Crippen LogP contribution in [0, 0.1) is 0 Å². The molecule has 1 fully saturated rings. The largest absolute Gasteiger partial charge is 0.472 e. The van der Waals surface area contributed by atoms with Gasteiger partial charge < -0.3 is 39.9 Å². The zero-order chi connectivity index (χ0) is 36.5. The first-order valence-corrected chi connectivity index (χ1v) is 19.3. The molecule has 0 aromatic rings. The number of aliphatic hydroxyl groups excluding tert-OH is 5. The highest BCUT2D eigenvalue weighted by molar-refractivity contribution is 7.47. The number of hydrogen-bond acceptors (Lipinski definition) is 12. The van der Waals surface area contributed by atoms with Crippen LogP contribution in [0.25, 0.3) is 0 Å². The fourth-order valence-corrected chi connectivity index (χ4v) is 6.08. The Bertz CT molecular complexity index is 1020. The number of rotatable bonds is 27. The number of carbonyl (C=O) groups is 2. The second-order valence-electron chi connectivity index (χ2n) is 12.4. The lowest BCUT2D eigenvalue weighted by Crippen LogP contribution is -2.64. The summed E-state index contributed by atoms with van der Waals surface area (Å²) in [4.78, 5) is 35.2. The minimum atomic E-state index is -5.10. The Kier molecular flexibility index (Phi) is 24.7. The van der Waals surface area contributed by atoms with Gasteiger partial charge in [-0.3, -0.25) is 18.6 Å². The van der Waals surface area contributed by atoms with Crippen molar-refractivity contribution in [2.45, 2.75) is 159 Å². The van der Waals surface area contributed by atoms with E-state index in [0.717, 1.165) is 70.6 Å². The molecular weight excluding hydrogens is 659 g/mol. The molecule has 0 aromatic carbocycles. The summed E-state index contributed by atoms with van der Waals surface area (Å²) in [6, 6.07) is 0. The molecule has 0 saturated heterocycles. The van der Waals surface area contributed by atoms with Crippen molar-refractivity contribution in [3.05, 3.63) is 36.5 Å². The smallest absolute Gasteiger partial charge is 0.462 e. The Balaban J connectivity index is 2.59. The first-order valence-electron chi connectivity index (χ1n) is 17.8. The molecule has 14 heteroatoms. The summed E-state index contributed by atoms with van der Waals surface area (Å²) >= 11 is 0.